The molecular formula is C24H28N2O2. The molecule has 4 heteroatoms. The van der Waals surface area contributed by atoms with Crippen molar-refractivity contribution in [1.29, 1.82) is 0 Å². The summed E-state index contributed by atoms with van der Waals surface area (Å²) < 4.78 is 6.47. The molecule has 2 aromatic carbocycles. The topological polar surface area (TPSA) is 32.8 Å². The first-order valence-corrected chi connectivity index (χ1v) is 10.3. The first kappa shape index (κ1) is 17.9. The van der Waals surface area contributed by atoms with Crippen molar-refractivity contribution < 1.29 is 9.53 Å². The predicted octanol–water partition coefficient (Wildman–Crippen LogP) is 3.53. The summed E-state index contributed by atoms with van der Waals surface area (Å²) in [5, 5.41) is 0. The minimum atomic E-state index is -0.0923. The van der Waals surface area contributed by atoms with Crippen LogP contribution in [0.4, 0.5) is 0 Å². The maximum Gasteiger partial charge on any atom is 0.253 e. The Morgan fingerprint density at radius 2 is 1.82 bits per heavy atom. The summed E-state index contributed by atoms with van der Waals surface area (Å²) >= 11 is 0. The van der Waals surface area contributed by atoms with Gasteiger partial charge in [-0.1, -0.05) is 42.5 Å². The van der Waals surface area contributed by atoms with Gasteiger partial charge in [-0.25, -0.2) is 0 Å². The molecule has 0 aromatic heterocycles. The van der Waals surface area contributed by atoms with Crippen LogP contribution in [0.25, 0.3) is 11.1 Å². The number of ether oxygens (including phenoxy) is 1. The summed E-state index contributed by atoms with van der Waals surface area (Å²) in [7, 11) is 4.26. The van der Waals surface area contributed by atoms with Crippen molar-refractivity contribution in [2.75, 3.05) is 33.7 Å². The summed E-state index contributed by atoms with van der Waals surface area (Å²) in [5.41, 5.74) is 3.00. The zero-order valence-electron chi connectivity index (χ0n) is 16.7. The van der Waals surface area contributed by atoms with Crippen molar-refractivity contribution in [2.24, 2.45) is 11.8 Å². The average Bonchev–Trinajstić information content (AvgIpc) is 3.38. The van der Waals surface area contributed by atoms with E-state index in [0.717, 1.165) is 43.6 Å². The molecule has 1 spiro atoms. The Kier molecular flexibility index (Phi) is 4.29. The molecule has 2 bridgehead atoms. The smallest absolute Gasteiger partial charge is 0.253 e. The molecular weight excluding hydrogens is 348 g/mol. The molecule has 0 unspecified atom stereocenters. The SMILES string of the molecule is CN(C)C[C@H]1[C@H]2CN(C(=O)c3ccc(-c4ccccc4)cc3)C[C@]23CC[C@H]1O3. The monoisotopic (exact) mass is 376 g/mol. The number of rotatable bonds is 4. The number of carbonyl (C=O) groups excluding carboxylic acids is 1. The van der Waals surface area contributed by atoms with Gasteiger partial charge in [-0.15, -0.1) is 0 Å². The van der Waals surface area contributed by atoms with Crippen molar-refractivity contribution in [3.63, 3.8) is 0 Å². The van der Waals surface area contributed by atoms with E-state index < -0.39 is 0 Å². The minimum absolute atomic E-state index is 0.0923. The second-order valence-electron chi connectivity index (χ2n) is 8.92. The molecule has 3 saturated heterocycles. The third-order valence-corrected chi connectivity index (χ3v) is 6.89. The fourth-order valence-electron chi connectivity index (χ4n) is 5.63. The van der Waals surface area contributed by atoms with Crippen LogP contribution in [0.1, 0.15) is 23.2 Å². The zero-order chi connectivity index (χ0) is 19.3. The number of hydrogen-bond donors (Lipinski definition) is 0. The summed E-state index contributed by atoms with van der Waals surface area (Å²) in [4.78, 5) is 17.5. The van der Waals surface area contributed by atoms with Gasteiger partial charge in [-0.05, 0) is 50.2 Å². The van der Waals surface area contributed by atoms with E-state index in [1.165, 1.54) is 5.56 Å². The van der Waals surface area contributed by atoms with Gasteiger partial charge in [0.1, 0.15) is 0 Å². The number of amides is 1. The third-order valence-electron chi connectivity index (χ3n) is 6.89. The normalized spacial score (nSPS) is 30.8. The van der Waals surface area contributed by atoms with Crippen molar-refractivity contribution in [3.8, 4) is 11.1 Å². The van der Waals surface area contributed by atoms with Crippen LogP contribution in [0.3, 0.4) is 0 Å². The van der Waals surface area contributed by atoms with Crippen LogP contribution < -0.4 is 0 Å². The van der Waals surface area contributed by atoms with E-state index in [-0.39, 0.29) is 11.5 Å². The Hall–Kier alpha value is -2.17. The molecule has 1 amide bonds. The van der Waals surface area contributed by atoms with Crippen molar-refractivity contribution in [3.05, 3.63) is 60.2 Å². The number of hydrogen-bond acceptors (Lipinski definition) is 3. The van der Waals surface area contributed by atoms with E-state index in [2.05, 4.69) is 43.3 Å². The van der Waals surface area contributed by atoms with Crippen LogP contribution >= 0.6 is 0 Å². The molecule has 3 aliphatic rings. The lowest BCUT2D eigenvalue weighted by atomic mass is 9.73. The molecule has 4 nitrogen and oxygen atoms in total. The summed E-state index contributed by atoms with van der Waals surface area (Å²) in [6, 6.07) is 18.3. The molecule has 3 heterocycles. The van der Waals surface area contributed by atoms with Gasteiger partial charge in [0.2, 0.25) is 0 Å². The average molecular weight is 377 g/mol. The quantitative estimate of drug-likeness (QED) is 0.818. The third kappa shape index (κ3) is 2.87. The van der Waals surface area contributed by atoms with Crippen LogP contribution in [0, 0.1) is 11.8 Å². The van der Waals surface area contributed by atoms with Gasteiger partial charge in [-0.2, -0.15) is 0 Å². The van der Waals surface area contributed by atoms with Gasteiger partial charge < -0.3 is 14.5 Å². The highest BCUT2D eigenvalue weighted by Crippen LogP contribution is 2.55. The number of fused-ring (bicyclic) bond motifs is 1. The van der Waals surface area contributed by atoms with Crippen LogP contribution in [0.2, 0.25) is 0 Å². The molecule has 3 fully saturated rings. The van der Waals surface area contributed by atoms with Crippen LogP contribution in [0.15, 0.2) is 54.6 Å². The van der Waals surface area contributed by atoms with E-state index in [4.69, 9.17) is 4.74 Å². The molecule has 3 aliphatic heterocycles. The van der Waals surface area contributed by atoms with E-state index in [1.807, 2.05) is 35.2 Å². The van der Waals surface area contributed by atoms with Gasteiger partial charge in [0.15, 0.2) is 0 Å². The van der Waals surface area contributed by atoms with E-state index in [9.17, 15) is 4.79 Å². The standard InChI is InChI=1S/C24H28N2O2/c1-25(2)14-20-21-15-26(16-24(21)13-12-22(20)28-24)23(27)19-10-8-18(9-11-19)17-6-4-3-5-7-17/h3-11,20-22H,12-16H2,1-2H3/t20-,21+,22+,24+/m0/s1. The molecule has 4 atom stereocenters. The van der Waals surface area contributed by atoms with Crippen molar-refractivity contribution in [1.82, 2.24) is 9.80 Å². The Balaban J connectivity index is 1.33. The second kappa shape index (κ2) is 6.71. The predicted molar refractivity (Wildman–Crippen MR) is 110 cm³/mol. The fraction of sp³-hybridized carbons (Fsp3) is 0.458. The molecule has 0 aliphatic carbocycles. The van der Waals surface area contributed by atoms with Gasteiger partial charge in [0.05, 0.1) is 18.2 Å². The molecule has 0 radical (unpaired) electrons. The molecule has 0 N–H and O–H groups in total. The molecule has 146 valence electrons. The summed E-state index contributed by atoms with van der Waals surface area (Å²) in [6.45, 7) is 2.62. The molecule has 28 heavy (non-hydrogen) atoms. The van der Waals surface area contributed by atoms with Crippen LogP contribution in [-0.4, -0.2) is 61.1 Å². The van der Waals surface area contributed by atoms with Gasteiger partial charge in [0.25, 0.3) is 5.91 Å². The zero-order valence-corrected chi connectivity index (χ0v) is 16.7. The summed E-state index contributed by atoms with van der Waals surface area (Å²) in [6.07, 6.45) is 2.63. The number of benzene rings is 2. The molecule has 2 aromatic rings. The first-order valence-electron chi connectivity index (χ1n) is 10.3. The van der Waals surface area contributed by atoms with E-state index in [0.29, 0.717) is 17.9 Å². The van der Waals surface area contributed by atoms with Gasteiger partial charge >= 0.3 is 0 Å². The van der Waals surface area contributed by atoms with Crippen LogP contribution in [-0.2, 0) is 4.74 Å². The highest BCUT2D eigenvalue weighted by Gasteiger charge is 2.63. The van der Waals surface area contributed by atoms with Crippen molar-refractivity contribution in [2.45, 2.75) is 24.5 Å². The Morgan fingerprint density at radius 3 is 2.54 bits per heavy atom. The lowest BCUT2D eigenvalue weighted by molar-refractivity contribution is 0.00256. The van der Waals surface area contributed by atoms with Crippen LogP contribution in [0.5, 0.6) is 0 Å². The van der Waals surface area contributed by atoms with Gasteiger partial charge in [0, 0.05) is 30.5 Å². The number of nitrogens with zero attached hydrogens (tertiary/aromatic N) is 2. The van der Waals surface area contributed by atoms with Gasteiger partial charge in [-0.3, -0.25) is 4.79 Å². The number of carbonyl (C=O) groups is 1. The second-order valence-corrected chi connectivity index (χ2v) is 8.92. The molecule has 5 rings (SSSR count). The van der Waals surface area contributed by atoms with E-state index >= 15 is 0 Å². The molecule has 0 saturated carbocycles. The Morgan fingerprint density at radius 1 is 1.11 bits per heavy atom. The number of likely N-dealkylation sites (tertiary alicyclic amines) is 1. The summed E-state index contributed by atoms with van der Waals surface area (Å²) in [5.74, 6) is 1.15. The minimum Gasteiger partial charge on any atom is -0.369 e. The highest BCUT2D eigenvalue weighted by atomic mass is 16.5. The Labute approximate surface area is 167 Å². The van der Waals surface area contributed by atoms with Crippen molar-refractivity contribution >= 4 is 5.91 Å². The largest absolute Gasteiger partial charge is 0.369 e. The lowest BCUT2D eigenvalue weighted by Gasteiger charge is -2.30. The van der Waals surface area contributed by atoms with E-state index in [1.54, 1.807) is 0 Å². The maximum atomic E-state index is 13.2. The Bertz CT molecular complexity index is 864. The fourth-order valence-corrected chi connectivity index (χ4v) is 5.63. The maximum absolute atomic E-state index is 13.2. The highest BCUT2D eigenvalue weighted by molar-refractivity contribution is 5.95. The first-order chi connectivity index (χ1) is 13.6. The lowest BCUT2D eigenvalue weighted by Crippen LogP contribution is -2.40.